The van der Waals surface area contributed by atoms with Gasteiger partial charge >= 0.3 is 0 Å². The van der Waals surface area contributed by atoms with Crippen molar-refractivity contribution in [3.8, 4) is 0 Å². The molecular formula is C10H25N3O. The smallest absolute Gasteiger partial charge is 0.0623 e. The normalized spacial score (nSPS) is 16.3. The van der Waals surface area contributed by atoms with Crippen LogP contribution in [0.5, 0.6) is 0 Å². The van der Waals surface area contributed by atoms with Crippen LogP contribution in [0.15, 0.2) is 0 Å². The van der Waals surface area contributed by atoms with E-state index in [1.54, 1.807) is 0 Å². The van der Waals surface area contributed by atoms with E-state index >= 15 is 0 Å². The second-order valence-corrected chi connectivity index (χ2v) is 4.51. The van der Waals surface area contributed by atoms with Gasteiger partial charge in [-0.15, -0.1) is 0 Å². The molecule has 0 saturated heterocycles. The number of rotatable bonds is 7. The first kappa shape index (κ1) is 13.8. The number of hydrogen-bond donors (Lipinski definition) is 2. The Morgan fingerprint density at radius 3 is 2.14 bits per heavy atom. The van der Waals surface area contributed by atoms with Gasteiger partial charge in [-0.05, 0) is 35.1 Å². The minimum absolute atomic E-state index is 0.163. The Kier molecular flexibility index (Phi) is 6.27. The van der Waals surface area contributed by atoms with Gasteiger partial charge in [0.2, 0.25) is 0 Å². The molecule has 0 aromatic heterocycles. The minimum Gasteiger partial charge on any atom is -0.394 e. The maximum absolute atomic E-state index is 9.21. The summed E-state index contributed by atoms with van der Waals surface area (Å²) in [6.07, 6.45) is 0. The summed E-state index contributed by atoms with van der Waals surface area (Å²) in [5.74, 6) is 0. The van der Waals surface area contributed by atoms with Crippen molar-refractivity contribution in [2.24, 2.45) is 0 Å². The van der Waals surface area contributed by atoms with E-state index in [4.69, 9.17) is 0 Å². The van der Waals surface area contributed by atoms with Gasteiger partial charge in [-0.2, -0.15) is 0 Å². The van der Waals surface area contributed by atoms with Gasteiger partial charge < -0.3 is 20.2 Å². The first-order valence-electron chi connectivity index (χ1n) is 5.06. The van der Waals surface area contributed by atoms with Crippen LogP contribution in [0, 0.1) is 0 Å². The molecule has 14 heavy (non-hydrogen) atoms. The molecule has 4 heteroatoms. The van der Waals surface area contributed by atoms with Gasteiger partial charge in [-0.25, -0.2) is 0 Å². The standard InChI is InChI=1S/C10H25N3O/c1-10(9-14,11-2)8-13(5)7-6-12(3)4/h11,14H,6-9H2,1-5H3. The molecule has 0 bridgehead atoms. The molecule has 0 aliphatic carbocycles. The third kappa shape index (κ3) is 5.54. The monoisotopic (exact) mass is 203 g/mol. The average Bonchev–Trinajstić information content (AvgIpc) is 2.14. The molecule has 0 spiro atoms. The van der Waals surface area contributed by atoms with E-state index in [2.05, 4.69) is 36.3 Å². The summed E-state index contributed by atoms with van der Waals surface area (Å²) < 4.78 is 0. The van der Waals surface area contributed by atoms with Gasteiger partial charge in [-0.1, -0.05) is 0 Å². The van der Waals surface area contributed by atoms with Crippen molar-refractivity contribution in [1.82, 2.24) is 15.1 Å². The minimum atomic E-state index is -0.193. The van der Waals surface area contributed by atoms with Crippen molar-refractivity contribution in [1.29, 1.82) is 0 Å². The van der Waals surface area contributed by atoms with Gasteiger partial charge in [0.05, 0.1) is 12.1 Å². The van der Waals surface area contributed by atoms with Crippen LogP contribution in [-0.2, 0) is 0 Å². The van der Waals surface area contributed by atoms with E-state index in [1.165, 1.54) is 0 Å². The highest BCUT2D eigenvalue weighted by atomic mass is 16.3. The lowest BCUT2D eigenvalue weighted by Crippen LogP contribution is -2.52. The molecule has 0 amide bonds. The van der Waals surface area contributed by atoms with Gasteiger partial charge in [0.15, 0.2) is 0 Å². The molecule has 2 N–H and O–H groups in total. The molecule has 0 aromatic rings. The summed E-state index contributed by atoms with van der Waals surface area (Å²) >= 11 is 0. The van der Waals surface area contributed by atoms with Crippen LogP contribution in [0.2, 0.25) is 0 Å². The van der Waals surface area contributed by atoms with E-state index in [0.717, 1.165) is 19.6 Å². The van der Waals surface area contributed by atoms with Crippen LogP contribution in [0.1, 0.15) is 6.92 Å². The van der Waals surface area contributed by atoms with Crippen LogP contribution in [-0.4, -0.2) is 74.9 Å². The molecule has 0 saturated carbocycles. The number of aliphatic hydroxyl groups is 1. The number of nitrogens with one attached hydrogen (secondary N) is 1. The van der Waals surface area contributed by atoms with Crippen molar-refractivity contribution in [3.63, 3.8) is 0 Å². The Balaban J connectivity index is 3.85. The van der Waals surface area contributed by atoms with Crippen molar-refractivity contribution < 1.29 is 5.11 Å². The molecule has 0 aliphatic rings. The summed E-state index contributed by atoms with van der Waals surface area (Å²) in [5.41, 5.74) is -0.193. The van der Waals surface area contributed by atoms with Gasteiger partial charge in [0.1, 0.15) is 0 Å². The van der Waals surface area contributed by atoms with Crippen molar-refractivity contribution in [3.05, 3.63) is 0 Å². The first-order chi connectivity index (χ1) is 6.43. The SMILES string of the molecule is CNC(C)(CO)CN(C)CCN(C)C. The van der Waals surface area contributed by atoms with Crippen LogP contribution >= 0.6 is 0 Å². The Bertz CT molecular complexity index is 146. The summed E-state index contributed by atoms with van der Waals surface area (Å²) in [6.45, 7) is 5.11. The first-order valence-corrected chi connectivity index (χ1v) is 5.06. The van der Waals surface area contributed by atoms with Gasteiger partial charge in [0, 0.05) is 19.6 Å². The predicted molar refractivity (Wildman–Crippen MR) is 60.6 cm³/mol. The van der Waals surface area contributed by atoms with Crippen LogP contribution in [0.4, 0.5) is 0 Å². The van der Waals surface area contributed by atoms with Gasteiger partial charge in [-0.3, -0.25) is 0 Å². The highest BCUT2D eigenvalue weighted by Crippen LogP contribution is 2.03. The molecule has 0 aliphatic heterocycles. The fourth-order valence-electron chi connectivity index (χ4n) is 1.25. The Hall–Kier alpha value is -0.160. The molecule has 0 rings (SSSR count). The van der Waals surface area contributed by atoms with E-state index in [-0.39, 0.29) is 12.1 Å². The molecule has 86 valence electrons. The number of aliphatic hydroxyl groups excluding tert-OH is 1. The van der Waals surface area contributed by atoms with Crippen molar-refractivity contribution >= 4 is 0 Å². The summed E-state index contributed by atoms with van der Waals surface area (Å²) in [4.78, 5) is 4.39. The predicted octanol–water partition coefficient (Wildman–Crippen LogP) is -0.550. The van der Waals surface area contributed by atoms with Crippen molar-refractivity contribution in [2.75, 3.05) is 54.4 Å². The van der Waals surface area contributed by atoms with Crippen molar-refractivity contribution in [2.45, 2.75) is 12.5 Å². The largest absolute Gasteiger partial charge is 0.394 e. The Labute approximate surface area is 87.9 Å². The molecule has 1 unspecified atom stereocenters. The Morgan fingerprint density at radius 2 is 1.79 bits per heavy atom. The second kappa shape index (κ2) is 6.35. The fourth-order valence-corrected chi connectivity index (χ4v) is 1.25. The molecule has 1 atom stereocenters. The third-order valence-corrected chi connectivity index (χ3v) is 2.50. The highest BCUT2D eigenvalue weighted by molar-refractivity contribution is 4.83. The second-order valence-electron chi connectivity index (χ2n) is 4.51. The zero-order valence-electron chi connectivity index (χ0n) is 10.2. The zero-order valence-corrected chi connectivity index (χ0v) is 10.2. The molecular weight excluding hydrogens is 178 g/mol. The zero-order chi connectivity index (χ0) is 11.2. The fraction of sp³-hybridized carbons (Fsp3) is 1.00. The van der Waals surface area contributed by atoms with Crippen LogP contribution in [0.3, 0.4) is 0 Å². The van der Waals surface area contributed by atoms with E-state index in [0.29, 0.717) is 0 Å². The maximum Gasteiger partial charge on any atom is 0.0623 e. The lowest BCUT2D eigenvalue weighted by molar-refractivity contribution is 0.135. The van der Waals surface area contributed by atoms with Crippen LogP contribution in [0.25, 0.3) is 0 Å². The molecule has 0 fully saturated rings. The highest BCUT2D eigenvalue weighted by Gasteiger charge is 2.22. The molecule has 4 nitrogen and oxygen atoms in total. The van der Waals surface area contributed by atoms with Crippen LogP contribution < -0.4 is 5.32 Å². The molecule has 0 radical (unpaired) electrons. The lowest BCUT2D eigenvalue weighted by atomic mass is 10.0. The average molecular weight is 203 g/mol. The quantitative estimate of drug-likeness (QED) is 0.582. The third-order valence-electron chi connectivity index (χ3n) is 2.50. The summed E-state index contributed by atoms with van der Waals surface area (Å²) in [5, 5.41) is 12.4. The number of hydrogen-bond acceptors (Lipinski definition) is 4. The summed E-state index contributed by atoms with van der Waals surface area (Å²) in [7, 11) is 8.10. The number of likely N-dealkylation sites (N-methyl/N-ethyl adjacent to an activating group) is 3. The van der Waals surface area contributed by atoms with E-state index in [9.17, 15) is 5.11 Å². The number of nitrogens with zero attached hydrogens (tertiary/aromatic N) is 2. The summed E-state index contributed by atoms with van der Waals surface area (Å²) in [6, 6.07) is 0. The van der Waals surface area contributed by atoms with E-state index in [1.807, 2.05) is 14.0 Å². The molecule has 0 heterocycles. The maximum atomic E-state index is 9.21. The lowest BCUT2D eigenvalue weighted by Gasteiger charge is -2.32. The topological polar surface area (TPSA) is 38.7 Å². The van der Waals surface area contributed by atoms with E-state index < -0.39 is 0 Å². The molecule has 0 aromatic carbocycles. The Morgan fingerprint density at radius 1 is 1.21 bits per heavy atom. The van der Waals surface area contributed by atoms with Gasteiger partial charge in [0.25, 0.3) is 0 Å².